The van der Waals surface area contributed by atoms with Gasteiger partial charge in [-0.05, 0) is 38.3 Å². The zero-order valence-corrected chi connectivity index (χ0v) is 16.2. The van der Waals surface area contributed by atoms with Crippen molar-refractivity contribution >= 4 is 23.5 Å². The first-order valence-corrected chi connectivity index (χ1v) is 9.66. The van der Waals surface area contributed by atoms with Crippen molar-refractivity contribution in [3.05, 3.63) is 29.8 Å². The number of para-hydroxylation sites is 1. The summed E-state index contributed by atoms with van der Waals surface area (Å²) in [5.41, 5.74) is 1.84. The number of carbonyl (C=O) groups is 3. The molecule has 0 radical (unpaired) electrons. The van der Waals surface area contributed by atoms with E-state index in [-0.39, 0.29) is 42.4 Å². The van der Waals surface area contributed by atoms with Crippen LogP contribution in [0.1, 0.15) is 45.1 Å². The smallest absolute Gasteiger partial charge is 0.324 e. The molecule has 27 heavy (non-hydrogen) atoms. The van der Waals surface area contributed by atoms with Gasteiger partial charge >= 0.3 is 6.03 Å². The molecule has 2 aliphatic rings. The molecule has 1 fully saturated rings. The van der Waals surface area contributed by atoms with Gasteiger partial charge in [0.25, 0.3) is 0 Å². The number of hydrogen-bond acceptors (Lipinski definition) is 4. The van der Waals surface area contributed by atoms with Crippen molar-refractivity contribution in [1.82, 2.24) is 15.5 Å². The van der Waals surface area contributed by atoms with E-state index in [1.165, 1.54) is 4.90 Å². The Bertz CT molecular complexity index is 736. The maximum atomic E-state index is 12.8. The lowest BCUT2D eigenvalue weighted by Crippen LogP contribution is -2.49. The molecule has 0 bridgehead atoms. The first kappa shape index (κ1) is 19.2. The second-order valence-electron chi connectivity index (χ2n) is 7.42. The SMILES string of the molecule is CC[C@H](C)NC(=O)[C@H]1C[C@@H](C)N(CC(=O)N2CCNC2=O)c2ccccc21. The molecule has 4 amide bonds. The summed E-state index contributed by atoms with van der Waals surface area (Å²) in [6.45, 7) is 7.10. The Balaban J connectivity index is 1.82. The molecule has 0 unspecified atom stereocenters. The van der Waals surface area contributed by atoms with Crippen molar-refractivity contribution in [2.75, 3.05) is 24.5 Å². The average Bonchev–Trinajstić information content (AvgIpc) is 3.09. The molecule has 3 atom stereocenters. The Hall–Kier alpha value is -2.57. The Morgan fingerprint density at radius 3 is 2.74 bits per heavy atom. The molecule has 7 nitrogen and oxygen atoms in total. The van der Waals surface area contributed by atoms with Gasteiger partial charge in [0, 0.05) is 30.9 Å². The average molecular weight is 372 g/mol. The Labute approximate surface area is 160 Å². The molecule has 2 N–H and O–H groups in total. The number of urea groups is 1. The maximum absolute atomic E-state index is 12.8. The first-order chi connectivity index (χ1) is 12.9. The highest BCUT2D eigenvalue weighted by Crippen LogP contribution is 2.38. The van der Waals surface area contributed by atoms with Gasteiger partial charge in [-0.15, -0.1) is 0 Å². The lowest BCUT2D eigenvalue weighted by Gasteiger charge is -2.40. The topological polar surface area (TPSA) is 81.8 Å². The van der Waals surface area contributed by atoms with E-state index in [1.54, 1.807) is 0 Å². The summed E-state index contributed by atoms with van der Waals surface area (Å²) in [6.07, 6.45) is 1.52. The highest BCUT2D eigenvalue weighted by molar-refractivity contribution is 5.98. The molecule has 1 saturated heterocycles. The molecule has 2 aliphatic heterocycles. The van der Waals surface area contributed by atoms with Crippen molar-refractivity contribution in [3.8, 4) is 0 Å². The number of carbonyl (C=O) groups excluding carboxylic acids is 3. The zero-order valence-electron chi connectivity index (χ0n) is 16.2. The molecule has 2 heterocycles. The summed E-state index contributed by atoms with van der Waals surface area (Å²) in [5.74, 6) is -0.408. The van der Waals surface area contributed by atoms with Crippen LogP contribution < -0.4 is 15.5 Å². The third-order valence-corrected chi connectivity index (χ3v) is 5.51. The quantitative estimate of drug-likeness (QED) is 0.826. The van der Waals surface area contributed by atoms with Crippen LogP contribution in [0.2, 0.25) is 0 Å². The first-order valence-electron chi connectivity index (χ1n) is 9.66. The van der Waals surface area contributed by atoms with Gasteiger partial charge in [-0.2, -0.15) is 0 Å². The van der Waals surface area contributed by atoms with Crippen LogP contribution in [0.15, 0.2) is 24.3 Å². The number of fused-ring (bicyclic) bond motifs is 1. The molecule has 0 saturated carbocycles. The number of imide groups is 1. The van der Waals surface area contributed by atoms with Crippen molar-refractivity contribution in [1.29, 1.82) is 0 Å². The summed E-state index contributed by atoms with van der Waals surface area (Å²) < 4.78 is 0. The molecular formula is C20H28N4O3. The van der Waals surface area contributed by atoms with Crippen molar-refractivity contribution in [2.24, 2.45) is 0 Å². The molecule has 0 aliphatic carbocycles. The van der Waals surface area contributed by atoms with Gasteiger partial charge < -0.3 is 15.5 Å². The molecular weight excluding hydrogens is 344 g/mol. The maximum Gasteiger partial charge on any atom is 0.324 e. The monoisotopic (exact) mass is 372 g/mol. The van der Waals surface area contributed by atoms with E-state index in [4.69, 9.17) is 0 Å². The summed E-state index contributed by atoms with van der Waals surface area (Å²) in [5, 5.41) is 5.74. The van der Waals surface area contributed by atoms with E-state index in [2.05, 4.69) is 10.6 Å². The number of hydrogen-bond donors (Lipinski definition) is 2. The van der Waals surface area contributed by atoms with Gasteiger partial charge in [-0.25, -0.2) is 4.79 Å². The van der Waals surface area contributed by atoms with Crippen LogP contribution in [0.5, 0.6) is 0 Å². The fourth-order valence-electron chi connectivity index (χ4n) is 3.75. The lowest BCUT2D eigenvalue weighted by molar-refractivity contribution is -0.126. The van der Waals surface area contributed by atoms with Crippen LogP contribution in [-0.4, -0.2) is 54.5 Å². The van der Waals surface area contributed by atoms with E-state index in [9.17, 15) is 14.4 Å². The summed E-state index contributed by atoms with van der Waals surface area (Å²) >= 11 is 0. The lowest BCUT2D eigenvalue weighted by atomic mass is 9.85. The van der Waals surface area contributed by atoms with Crippen LogP contribution in [0.25, 0.3) is 0 Å². The van der Waals surface area contributed by atoms with Crippen molar-refractivity contribution in [2.45, 2.75) is 51.6 Å². The van der Waals surface area contributed by atoms with Gasteiger partial charge in [0.2, 0.25) is 11.8 Å². The summed E-state index contributed by atoms with van der Waals surface area (Å²) in [7, 11) is 0. The number of benzene rings is 1. The Kier molecular flexibility index (Phi) is 5.68. The minimum absolute atomic E-state index is 0.0159. The third-order valence-electron chi connectivity index (χ3n) is 5.51. The highest BCUT2D eigenvalue weighted by Gasteiger charge is 2.36. The molecule has 3 rings (SSSR count). The van der Waals surface area contributed by atoms with E-state index in [0.717, 1.165) is 17.7 Å². The van der Waals surface area contributed by atoms with E-state index in [1.807, 2.05) is 49.9 Å². The van der Waals surface area contributed by atoms with Crippen LogP contribution in [0, 0.1) is 0 Å². The minimum atomic E-state index is -0.330. The van der Waals surface area contributed by atoms with Crippen molar-refractivity contribution < 1.29 is 14.4 Å². The number of nitrogens with one attached hydrogen (secondary N) is 2. The van der Waals surface area contributed by atoms with Gasteiger partial charge in [-0.1, -0.05) is 25.1 Å². The van der Waals surface area contributed by atoms with Crippen LogP contribution in [0.4, 0.5) is 10.5 Å². The molecule has 1 aromatic carbocycles. The Morgan fingerprint density at radius 1 is 1.33 bits per heavy atom. The summed E-state index contributed by atoms with van der Waals surface area (Å²) in [4.78, 5) is 40.5. The van der Waals surface area contributed by atoms with Crippen LogP contribution >= 0.6 is 0 Å². The molecule has 0 aromatic heterocycles. The number of anilines is 1. The normalized spacial score (nSPS) is 22.9. The van der Waals surface area contributed by atoms with E-state index >= 15 is 0 Å². The number of rotatable bonds is 5. The highest BCUT2D eigenvalue weighted by atomic mass is 16.2. The zero-order chi connectivity index (χ0) is 19.6. The molecule has 1 aromatic rings. The Morgan fingerprint density at radius 2 is 2.07 bits per heavy atom. The molecule has 0 spiro atoms. The third kappa shape index (κ3) is 3.91. The van der Waals surface area contributed by atoms with E-state index < -0.39 is 0 Å². The van der Waals surface area contributed by atoms with Gasteiger partial charge in [-0.3, -0.25) is 14.5 Å². The fourth-order valence-corrected chi connectivity index (χ4v) is 3.75. The van der Waals surface area contributed by atoms with Gasteiger partial charge in [0.05, 0.1) is 12.5 Å². The van der Waals surface area contributed by atoms with Crippen molar-refractivity contribution in [3.63, 3.8) is 0 Å². The fraction of sp³-hybridized carbons (Fsp3) is 0.550. The molecule has 7 heteroatoms. The number of nitrogens with zero attached hydrogens (tertiary/aromatic N) is 2. The van der Waals surface area contributed by atoms with Gasteiger partial charge in [0.1, 0.15) is 0 Å². The van der Waals surface area contributed by atoms with Gasteiger partial charge in [0.15, 0.2) is 0 Å². The second-order valence-corrected chi connectivity index (χ2v) is 7.42. The largest absolute Gasteiger partial charge is 0.359 e. The number of amides is 4. The van der Waals surface area contributed by atoms with Crippen LogP contribution in [-0.2, 0) is 9.59 Å². The summed E-state index contributed by atoms with van der Waals surface area (Å²) in [6, 6.07) is 7.57. The van der Waals surface area contributed by atoms with E-state index in [0.29, 0.717) is 19.5 Å². The molecule has 146 valence electrons. The standard InChI is InChI=1S/C20H28N4O3/c1-4-13(2)22-19(26)16-11-14(3)24(17-8-6-5-7-15(16)17)12-18(25)23-10-9-21-20(23)27/h5-8,13-14,16H,4,9-12H2,1-3H3,(H,21,27)(H,22,26)/t13-,14+,16-/m0/s1. The predicted octanol–water partition coefficient (Wildman–Crippen LogP) is 1.84. The second kappa shape index (κ2) is 7.98. The van der Waals surface area contributed by atoms with Crippen LogP contribution in [0.3, 0.4) is 0 Å². The minimum Gasteiger partial charge on any atom is -0.359 e. The predicted molar refractivity (Wildman–Crippen MR) is 104 cm³/mol.